The van der Waals surface area contributed by atoms with Crippen LogP contribution in [0.4, 0.5) is 4.79 Å². The number of benzene rings is 2. The Morgan fingerprint density at radius 1 is 1.15 bits per heavy atom. The number of nitrogens with one attached hydrogen (secondary N) is 1. The number of nitrogens with two attached hydrogens (primary N) is 1. The number of carbonyl (C=O) groups is 2. The molecule has 134 valence electrons. The number of rotatable bonds is 6. The number of ether oxygens (including phenoxy) is 1. The molecular formula is C20H20N2O3S. The fourth-order valence-corrected chi connectivity index (χ4v) is 3.86. The highest BCUT2D eigenvalue weighted by molar-refractivity contribution is 7.17. The molecule has 3 aromatic rings. The van der Waals surface area contributed by atoms with E-state index in [1.807, 2.05) is 60.8 Å². The molecule has 6 heteroatoms. The first kappa shape index (κ1) is 17.9. The van der Waals surface area contributed by atoms with Gasteiger partial charge in [0.2, 0.25) is 0 Å². The number of carbonyl (C=O) groups excluding carboxylic acids is 2. The second kappa shape index (κ2) is 8.01. The summed E-state index contributed by atoms with van der Waals surface area (Å²) in [6.07, 6.45) is 0.0237. The van der Waals surface area contributed by atoms with Gasteiger partial charge in [0.1, 0.15) is 6.61 Å². The van der Waals surface area contributed by atoms with E-state index in [0.29, 0.717) is 0 Å². The number of hydrogen-bond acceptors (Lipinski definition) is 4. The largest absolute Gasteiger partial charge is 0.461 e. The third-order valence-electron chi connectivity index (χ3n) is 4.20. The molecule has 26 heavy (non-hydrogen) atoms. The van der Waals surface area contributed by atoms with Crippen molar-refractivity contribution in [1.82, 2.24) is 5.32 Å². The summed E-state index contributed by atoms with van der Waals surface area (Å²) in [6.45, 7) is 2.13. The van der Waals surface area contributed by atoms with Gasteiger partial charge in [-0.05, 0) is 34.9 Å². The van der Waals surface area contributed by atoms with E-state index in [0.717, 1.165) is 26.8 Å². The summed E-state index contributed by atoms with van der Waals surface area (Å²) in [6, 6.07) is 14.4. The molecular weight excluding hydrogens is 348 g/mol. The molecule has 0 fully saturated rings. The van der Waals surface area contributed by atoms with Crippen LogP contribution in [-0.2, 0) is 16.1 Å². The predicted octanol–water partition coefficient (Wildman–Crippen LogP) is 4.05. The Hall–Kier alpha value is -2.86. The first-order chi connectivity index (χ1) is 12.5. The van der Waals surface area contributed by atoms with Crippen LogP contribution in [0.15, 0.2) is 53.9 Å². The summed E-state index contributed by atoms with van der Waals surface area (Å²) in [5, 5.41) is 5.72. The molecule has 0 radical (unpaired) electrons. The van der Waals surface area contributed by atoms with E-state index in [2.05, 4.69) is 5.32 Å². The minimum absolute atomic E-state index is 0.0237. The molecule has 0 saturated carbocycles. The van der Waals surface area contributed by atoms with Crippen molar-refractivity contribution < 1.29 is 14.3 Å². The van der Waals surface area contributed by atoms with Crippen LogP contribution < -0.4 is 11.1 Å². The van der Waals surface area contributed by atoms with Crippen LogP contribution in [-0.4, -0.2) is 12.0 Å². The summed E-state index contributed by atoms with van der Waals surface area (Å²) in [5.41, 5.74) is 8.08. The van der Waals surface area contributed by atoms with Crippen molar-refractivity contribution in [2.75, 3.05) is 0 Å². The molecule has 0 aliphatic rings. The zero-order valence-corrected chi connectivity index (χ0v) is 15.2. The Kier molecular flexibility index (Phi) is 5.53. The molecule has 5 nitrogen and oxygen atoms in total. The molecule has 0 saturated heterocycles. The molecule has 2 amide bonds. The zero-order valence-electron chi connectivity index (χ0n) is 14.4. The number of thiophene rings is 1. The second-order valence-electron chi connectivity index (χ2n) is 6.04. The van der Waals surface area contributed by atoms with Gasteiger partial charge in [-0.3, -0.25) is 4.79 Å². The highest BCUT2D eigenvalue weighted by Crippen LogP contribution is 2.27. The van der Waals surface area contributed by atoms with Gasteiger partial charge in [0.15, 0.2) is 0 Å². The Labute approximate surface area is 155 Å². The van der Waals surface area contributed by atoms with Crippen molar-refractivity contribution in [2.24, 2.45) is 5.73 Å². The number of fused-ring (bicyclic) bond motifs is 1. The van der Waals surface area contributed by atoms with Crippen molar-refractivity contribution in [3.63, 3.8) is 0 Å². The van der Waals surface area contributed by atoms with E-state index >= 15 is 0 Å². The normalized spacial score (nSPS) is 11.9. The molecule has 1 heterocycles. The quantitative estimate of drug-likeness (QED) is 0.644. The monoisotopic (exact) mass is 368 g/mol. The van der Waals surface area contributed by atoms with Crippen molar-refractivity contribution in [3.8, 4) is 0 Å². The lowest BCUT2D eigenvalue weighted by molar-refractivity contribution is -0.145. The topological polar surface area (TPSA) is 81.4 Å². The lowest BCUT2D eigenvalue weighted by atomic mass is 9.99. The minimum atomic E-state index is -0.671. The number of amides is 2. The van der Waals surface area contributed by atoms with E-state index in [9.17, 15) is 9.59 Å². The molecule has 0 aliphatic carbocycles. The van der Waals surface area contributed by atoms with Crippen molar-refractivity contribution in [1.29, 1.82) is 0 Å². The third kappa shape index (κ3) is 4.21. The van der Waals surface area contributed by atoms with Crippen molar-refractivity contribution in [2.45, 2.75) is 26.0 Å². The summed E-state index contributed by atoms with van der Waals surface area (Å²) < 4.78 is 6.60. The van der Waals surface area contributed by atoms with E-state index in [4.69, 9.17) is 10.5 Å². The lowest BCUT2D eigenvalue weighted by Crippen LogP contribution is -2.35. The van der Waals surface area contributed by atoms with Crippen LogP contribution in [0.25, 0.3) is 10.1 Å². The van der Waals surface area contributed by atoms with E-state index in [1.165, 1.54) is 0 Å². The van der Waals surface area contributed by atoms with Crippen LogP contribution in [0.2, 0.25) is 0 Å². The number of aryl methyl sites for hydroxylation is 1. The van der Waals surface area contributed by atoms with Gasteiger partial charge in [-0.1, -0.05) is 42.5 Å². The number of esters is 1. The first-order valence-electron chi connectivity index (χ1n) is 8.27. The molecule has 0 spiro atoms. The van der Waals surface area contributed by atoms with Gasteiger partial charge in [0.25, 0.3) is 0 Å². The molecule has 1 unspecified atom stereocenters. The van der Waals surface area contributed by atoms with Crippen LogP contribution in [0.1, 0.15) is 29.2 Å². The molecule has 3 rings (SSSR count). The van der Waals surface area contributed by atoms with Crippen LogP contribution in [0, 0.1) is 6.92 Å². The van der Waals surface area contributed by atoms with Crippen molar-refractivity contribution >= 4 is 33.4 Å². The van der Waals surface area contributed by atoms with Gasteiger partial charge >= 0.3 is 12.0 Å². The molecule has 0 bridgehead atoms. The Balaban J connectivity index is 1.68. The maximum atomic E-state index is 12.3. The van der Waals surface area contributed by atoms with Gasteiger partial charge in [-0.2, -0.15) is 0 Å². The third-order valence-corrected chi connectivity index (χ3v) is 5.21. The highest BCUT2D eigenvalue weighted by atomic mass is 32.1. The van der Waals surface area contributed by atoms with Gasteiger partial charge in [0, 0.05) is 10.3 Å². The fraction of sp³-hybridized carbons (Fsp3) is 0.200. The molecule has 0 aliphatic heterocycles. The van der Waals surface area contributed by atoms with Gasteiger partial charge in [-0.25, -0.2) is 4.79 Å². The number of urea groups is 1. The van der Waals surface area contributed by atoms with E-state index in [1.54, 1.807) is 11.3 Å². The summed E-state index contributed by atoms with van der Waals surface area (Å²) in [4.78, 5) is 23.7. The minimum Gasteiger partial charge on any atom is -0.461 e. The molecule has 1 atom stereocenters. The zero-order chi connectivity index (χ0) is 18.5. The van der Waals surface area contributed by atoms with Crippen LogP contribution in [0.3, 0.4) is 0 Å². The Morgan fingerprint density at radius 2 is 1.88 bits per heavy atom. The van der Waals surface area contributed by atoms with Crippen LogP contribution in [0.5, 0.6) is 0 Å². The van der Waals surface area contributed by atoms with E-state index in [-0.39, 0.29) is 19.0 Å². The molecule has 2 aromatic carbocycles. The Bertz CT molecular complexity index is 935. The first-order valence-corrected chi connectivity index (χ1v) is 9.15. The average Bonchev–Trinajstić information content (AvgIpc) is 3.03. The van der Waals surface area contributed by atoms with Gasteiger partial charge < -0.3 is 15.8 Å². The predicted molar refractivity (Wildman–Crippen MR) is 103 cm³/mol. The summed E-state index contributed by atoms with van der Waals surface area (Å²) >= 11 is 1.62. The second-order valence-corrected chi connectivity index (χ2v) is 6.95. The smallest absolute Gasteiger partial charge is 0.312 e. The summed E-state index contributed by atoms with van der Waals surface area (Å²) in [5.74, 6) is -0.387. The maximum absolute atomic E-state index is 12.3. The Morgan fingerprint density at radius 3 is 2.65 bits per heavy atom. The van der Waals surface area contributed by atoms with Crippen LogP contribution >= 0.6 is 11.3 Å². The fourth-order valence-electron chi connectivity index (χ4n) is 2.92. The number of hydrogen-bond donors (Lipinski definition) is 2. The highest BCUT2D eigenvalue weighted by Gasteiger charge is 2.20. The lowest BCUT2D eigenvalue weighted by Gasteiger charge is -2.19. The van der Waals surface area contributed by atoms with E-state index < -0.39 is 12.1 Å². The molecule has 1 aromatic heterocycles. The van der Waals surface area contributed by atoms with Gasteiger partial charge in [0.05, 0.1) is 12.5 Å². The number of primary amides is 1. The SMILES string of the molecule is Cc1ccccc1C(CC(=O)OCc1csc2ccccc12)NC(N)=O. The average molecular weight is 368 g/mol. The summed E-state index contributed by atoms with van der Waals surface area (Å²) in [7, 11) is 0. The standard InChI is InChI=1S/C20H20N2O3S/c1-13-6-2-3-7-15(13)17(22-20(21)24)10-19(23)25-11-14-12-26-18-9-5-4-8-16(14)18/h2-9,12,17H,10-11H2,1H3,(H3,21,22,24). The molecule has 3 N–H and O–H groups in total. The van der Waals surface area contributed by atoms with Gasteiger partial charge in [-0.15, -0.1) is 11.3 Å². The van der Waals surface area contributed by atoms with Crippen molar-refractivity contribution in [3.05, 3.63) is 70.6 Å². The maximum Gasteiger partial charge on any atom is 0.312 e.